The van der Waals surface area contributed by atoms with Gasteiger partial charge in [-0.2, -0.15) is 0 Å². The van der Waals surface area contributed by atoms with E-state index in [4.69, 9.17) is 10.2 Å². The summed E-state index contributed by atoms with van der Waals surface area (Å²) in [6.45, 7) is 0. The zero-order valence-corrected chi connectivity index (χ0v) is 6.77. The zero-order valence-electron chi connectivity index (χ0n) is 5.77. The van der Waals surface area contributed by atoms with Crippen molar-refractivity contribution in [2.24, 2.45) is 0 Å². The van der Waals surface area contributed by atoms with Crippen molar-refractivity contribution in [1.29, 1.82) is 0 Å². The Kier molecular flexibility index (Phi) is 2.83. The molecule has 0 aromatic heterocycles. The van der Waals surface area contributed by atoms with Gasteiger partial charge in [0, 0.05) is 5.30 Å². The fourth-order valence-electron chi connectivity index (χ4n) is 0.751. The molecule has 0 aliphatic carbocycles. The van der Waals surface area contributed by atoms with E-state index in [2.05, 4.69) is 0 Å². The Labute approximate surface area is 65.1 Å². The highest BCUT2D eigenvalue weighted by atomic mass is 31.1. The Morgan fingerprint density at radius 1 is 1.18 bits per heavy atom. The van der Waals surface area contributed by atoms with Gasteiger partial charge in [0.15, 0.2) is 7.80 Å². The van der Waals surface area contributed by atoms with Crippen LogP contribution in [0.25, 0.3) is 0 Å². The van der Waals surface area contributed by atoms with Gasteiger partial charge in [-0.1, -0.05) is 30.3 Å². The molecule has 1 unspecified atom stereocenters. The summed E-state index contributed by atoms with van der Waals surface area (Å²) in [7, 11) is -2.42. The lowest BCUT2D eigenvalue weighted by atomic mass is 10.4. The molecule has 0 heterocycles. The summed E-state index contributed by atoms with van der Waals surface area (Å²) in [4.78, 5) is 0. The van der Waals surface area contributed by atoms with Crippen LogP contribution in [0.15, 0.2) is 30.3 Å². The van der Waals surface area contributed by atoms with Crippen molar-refractivity contribution in [2.75, 3.05) is 0 Å². The van der Waals surface area contributed by atoms with E-state index in [1.54, 1.807) is 30.3 Å². The number of hydrogen-bond acceptors (Lipinski definition) is 3. The molecule has 0 spiro atoms. The first-order valence-corrected chi connectivity index (χ1v) is 4.66. The zero-order chi connectivity index (χ0) is 8.27. The van der Waals surface area contributed by atoms with E-state index in [9.17, 15) is 4.57 Å². The van der Waals surface area contributed by atoms with E-state index in [0.717, 1.165) is 0 Å². The first-order chi connectivity index (χ1) is 5.22. The Bertz CT molecular complexity index is 245. The molecule has 1 atom stereocenters. The molecule has 0 radical (unpaired) electrons. The van der Waals surface area contributed by atoms with Crippen LogP contribution in [0.1, 0.15) is 0 Å². The van der Waals surface area contributed by atoms with Gasteiger partial charge in [-0.05, 0) is 0 Å². The van der Waals surface area contributed by atoms with Crippen molar-refractivity contribution < 1.29 is 14.8 Å². The molecule has 0 saturated heterocycles. The van der Waals surface area contributed by atoms with Crippen molar-refractivity contribution in [2.45, 2.75) is 6.03 Å². The van der Waals surface area contributed by atoms with Gasteiger partial charge < -0.3 is 14.8 Å². The number of hydrogen-bond donors (Lipinski definition) is 2. The molecule has 0 aliphatic rings. The van der Waals surface area contributed by atoms with Crippen LogP contribution in [-0.2, 0) is 4.57 Å². The van der Waals surface area contributed by atoms with Gasteiger partial charge in [0.1, 0.15) is 0 Å². The Balaban J connectivity index is 2.86. The molecule has 0 amide bonds. The summed E-state index contributed by atoms with van der Waals surface area (Å²) in [6, 6.07) is 6.70. The second-order valence-electron chi connectivity index (χ2n) is 2.10. The normalized spacial score (nSPS) is 13.4. The molecule has 0 aliphatic heterocycles. The topological polar surface area (TPSA) is 57.5 Å². The standard InChI is InChI=1S/C7H9O3P/c8-7(9)11(10)6-4-2-1-3-5-6/h1-5,7-9,11H. The minimum absolute atomic E-state index is 0.493. The highest BCUT2D eigenvalue weighted by molar-refractivity contribution is 7.53. The molecule has 60 valence electrons. The van der Waals surface area contributed by atoms with Crippen LogP contribution in [0.3, 0.4) is 0 Å². The molecular weight excluding hydrogens is 163 g/mol. The number of aliphatic hydroxyl groups is 2. The van der Waals surface area contributed by atoms with E-state index in [-0.39, 0.29) is 0 Å². The largest absolute Gasteiger partial charge is 0.362 e. The molecule has 4 heteroatoms. The van der Waals surface area contributed by atoms with Gasteiger partial charge in [-0.15, -0.1) is 0 Å². The predicted octanol–water partition coefficient (Wildman–Crippen LogP) is 0.140. The van der Waals surface area contributed by atoms with Gasteiger partial charge >= 0.3 is 0 Å². The fraction of sp³-hybridized carbons (Fsp3) is 0.143. The van der Waals surface area contributed by atoms with Crippen molar-refractivity contribution in [3.63, 3.8) is 0 Å². The van der Waals surface area contributed by atoms with Gasteiger partial charge in [0.05, 0.1) is 0 Å². The van der Waals surface area contributed by atoms with E-state index < -0.39 is 13.8 Å². The first kappa shape index (κ1) is 8.47. The summed E-state index contributed by atoms with van der Waals surface area (Å²) in [5.74, 6) is 0. The lowest BCUT2D eigenvalue weighted by Crippen LogP contribution is -2.06. The lowest BCUT2D eigenvalue weighted by Gasteiger charge is -2.02. The second-order valence-corrected chi connectivity index (χ2v) is 3.93. The maximum absolute atomic E-state index is 11.0. The lowest BCUT2D eigenvalue weighted by molar-refractivity contribution is 0.0333. The SMILES string of the molecule is O=[PH](c1ccccc1)C(O)O. The van der Waals surface area contributed by atoms with Gasteiger partial charge in [-0.3, -0.25) is 0 Å². The Morgan fingerprint density at radius 2 is 1.73 bits per heavy atom. The highest BCUT2D eigenvalue weighted by Crippen LogP contribution is 2.22. The van der Waals surface area contributed by atoms with Crippen LogP contribution < -0.4 is 5.30 Å². The van der Waals surface area contributed by atoms with Crippen molar-refractivity contribution in [3.8, 4) is 0 Å². The summed E-state index contributed by atoms with van der Waals surface area (Å²) >= 11 is 0. The summed E-state index contributed by atoms with van der Waals surface area (Å²) in [6.07, 6.45) is 0. The predicted molar refractivity (Wildman–Crippen MR) is 43.3 cm³/mol. The Morgan fingerprint density at radius 3 is 2.18 bits per heavy atom. The van der Waals surface area contributed by atoms with E-state index >= 15 is 0 Å². The van der Waals surface area contributed by atoms with Gasteiger partial charge in [-0.25, -0.2) is 0 Å². The third kappa shape index (κ3) is 2.15. The van der Waals surface area contributed by atoms with Crippen LogP contribution in [0.4, 0.5) is 0 Å². The van der Waals surface area contributed by atoms with Crippen LogP contribution >= 0.6 is 7.80 Å². The molecule has 0 saturated carbocycles. The molecule has 3 nitrogen and oxygen atoms in total. The maximum Gasteiger partial charge on any atom is 0.207 e. The summed E-state index contributed by atoms with van der Waals surface area (Å²) in [5, 5.41) is 17.6. The molecule has 2 N–H and O–H groups in total. The third-order valence-electron chi connectivity index (χ3n) is 1.29. The Hall–Kier alpha value is -0.630. The van der Waals surface area contributed by atoms with Crippen molar-refractivity contribution in [3.05, 3.63) is 30.3 Å². The maximum atomic E-state index is 11.0. The first-order valence-electron chi connectivity index (χ1n) is 3.17. The number of benzene rings is 1. The minimum Gasteiger partial charge on any atom is -0.362 e. The summed E-state index contributed by atoms with van der Waals surface area (Å²) in [5.41, 5.74) is 0. The molecular formula is C7H9O3P. The third-order valence-corrected chi connectivity index (χ3v) is 2.66. The van der Waals surface area contributed by atoms with Crippen LogP contribution in [0.5, 0.6) is 0 Å². The fourth-order valence-corrected chi connectivity index (χ4v) is 1.57. The number of rotatable bonds is 2. The molecule has 1 aromatic rings. The quantitative estimate of drug-likeness (QED) is 0.492. The number of aliphatic hydroxyl groups excluding tert-OH is 1. The van der Waals surface area contributed by atoms with Gasteiger partial charge in [0.25, 0.3) is 0 Å². The average Bonchev–Trinajstić information content (AvgIpc) is 2.05. The van der Waals surface area contributed by atoms with Crippen LogP contribution in [0.2, 0.25) is 0 Å². The second kappa shape index (κ2) is 3.67. The molecule has 11 heavy (non-hydrogen) atoms. The smallest absolute Gasteiger partial charge is 0.207 e. The minimum atomic E-state index is -2.42. The highest BCUT2D eigenvalue weighted by Gasteiger charge is 2.09. The van der Waals surface area contributed by atoms with Crippen LogP contribution in [-0.4, -0.2) is 16.2 Å². The van der Waals surface area contributed by atoms with E-state index in [1.165, 1.54) is 0 Å². The average molecular weight is 172 g/mol. The van der Waals surface area contributed by atoms with Crippen LogP contribution in [0, 0.1) is 0 Å². The summed E-state index contributed by atoms with van der Waals surface area (Å²) < 4.78 is 11.0. The van der Waals surface area contributed by atoms with Crippen molar-refractivity contribution in [1.82, 2.24) is 0 Å². The molecule has 1 rings (SSSR count). The van der Waals surface area contributed by atoms with Gasteiger partial charge in [0.2, 0.25) is 6.03 Å². The van der Waals surface area contributed by atoms with E-state index in [0.29, 0.717) is 5.30 Å². The van der Waals surface area contributed by atoms with E-state index in [1.807, 2.05) is 0 Å². The molecule has 0 fully saturated rings. The monoisotopic (exact) mass is 172 g/mol. The van der Waals surface area contributed by atoms with Crippen molar-refractivity contribution >= 4 is 13.1 Å². The molecule has 0 bridgehead atoms. The molecule has 1 aromatic carbocycles.